The lowest BCUT2D eigenvalue weighted by Crippen LogP contribution is -2.39. The van der Waals surface area contributed by atoms with Crippen LogP contribution in [0, 0.1) is 5.82 Å². The van der Waals surface area contributed by atoms with Crippen molar-refractivity contribution in [3.63, 3.8) is 0 Å². The Morgan fingerprint density at radius 2 is 1.74 bits per heavy atom. The third-order valence-corrected chi connectivity index (χ3v) is 6.41. The van der Waals surface area contributed by atoms with Crippen LogP contribution in [0.5, 0.6) is 5.75 Å². The van der Waals surface area contributed by atoms with E-state index in [0.29, 0.717) is 23.5 Å². The van der Waals surface area contributed by atoms with E-state index in [4.69, 9.17) is 16.2 Å². The number of nitrogens with two attached hydrogens (primary N) is 2. The summed E-state index contributed by atoms with van der Waals surface area (Å²) in [6, 6.07) is 10.9. The molecule has 0 aliphatic rings. The van der Waals surface area contributed by atoms with E-state index in [-0.39, 0.29) is 34.1 Å². The quantitative estimate of drug-likeness (QED) is 0.410. The molecule has 2 aromatic carbocycles. The number of hydrogen-bond acceptors (Lipinski definition) is 8. The number of benzene rings is 2. The molecule has 0 fully saturated rings. The predicted octanol–water partition coefficient (Wildman–Crippen LogP) is 2.96. The zero-order valence-electron chi connectivity index (χ0n) is 19.5. The van der Waals surface area contributed by atoms with Crippen molar-refractivity contribution in [3.8, 4) is 5.75 Å². The van der Waals surface area contributed by atoms with Gasteiger partial charge in [-0.15, -0.1) is 0 Å². The van der Waals surface area contributed by atoms with Gasteiger partial charge in [-0.3, -0.25) is 14.4 Å². The van der Waals surface area contributed by atoms with Crippen molar-refractivity contribution in [2.75, 3.05) is 30.8 Å². The molecule has 2 amide bonds. The van der Waals surface area contributed by atoms with E-state index < -0.39 is 17.8 Å². The van der Waals surface area contributed by atoms with Gasteiger partial charge in [0, 0.05) is 24.8 Å². The van der Waals surface area contributed by atoms with E-state index in [1.54, 1.807) is 38.2 Å². The summed E-state index contributed by atoms with van der Waals surface area (Å²) in [5.74, 6) is -1.17. The summed E-state index contributed by atoms with van der Waals surface area (Å²) in [5.41, 5.74) is 12.4. The third kappa shape index (κ3) is 5.93. The molecule has 35 heavy (non-hydrogen) atoms. The highest BCUT2D eigenvalue weighted by Gasteiger charge is 2.27. The Balaban J connectivity index is 1.83. The molecule has 0 saturated carbocycles. The number of carbonyl (C=O) groups is 3. The van der Waals surface area contributed by atoms with Gasteiger partial charge in [-0.05, 0) is 62.4 Å². The number of anilines is 3. The van der Waals surface area contributed by atoms with Gasteiger partial charge in [0.05, 0.1) is 0 Å². The van der Waals surface area contributed by atoms with E-state index >= 15 is 0 Å². The number of ether oxygens (including phenoxy) is 1. The molecule has 1 atom stereocenters. The van der Waals surface area contributed by atoms with Gasteiger partial charge in [-0.25, -0.2) is 9.37 Å². The number of nitrogen functional groups attached to an aromatic ring is 1. The Labute approximate surface area is 206 Å². The lowest BCUT2D eigenvalue weighted by molar-refractivity contribution is -0.131. The largest absolute Gasteiger partial charge is 0.484 e. The Bertz CT molecular complexity index is 1210. The van der Waals surface area contributed by atoms with Crippen LogP contribution in [0.4, 0.5) is 21.0 Å². The number of ketones is 1. The normalized spacial score (nSPS) is 11.5. The van der Waals surface area contributed by atoms with E-state index in [0.717, 1.165) is 11.3 Å². The number of aromatic nitrogens is 1. The van der Waals surface area contributed by atoms with Crippen LogP contribution in [0.25, 0.3) is 0 Å². The molecule has 1 heterocycles. The fraction of sp³-hybridized carbons (Fsp3) is 0.250. The number of nitrogens with zero attached hydrogens (tertiary/aromatic N) is 3. The Morgan fingerprint density at radius 3 is 2.31 bits per heavy atom. The van der Waals surface area contributed by atoms with Gasteiger partial charge in [-0.1, -0.05) is 11.3 Å². The van der Waals surface area contributed by atoms with Gasteiger partial charge in [0.1, 0.15) is 28.3 Å². The van der Waals surface area contributed by atoms with Crippen LogP contribution in [0.15, 0.2) is 48.5 Å². The maximum Gasteiger partial charge on any atom is 0.260 e. The number of halogens is 1. The van der Waals surface area contributed by atoms with Crippen molar-refractivity contribution >= 4 is 45.6 Å². The highest BCUT2D eigenvalue weighted by atomic mass is 32.1. The second kappa shape index (κ2) is 11.0. The number of rotatable bonds is 10. The molecule has 0 aliphatic heterocycles. The summed E-state index contributed by atoms with van der Waals surface area (Å²) in [4.78, 5) is 44.4. The highest BCUT2D eigenvalue weighted by molar-refractivity contribution is 7.18. The number of primary amides is 1. The van der Waals surface area contributed by atoms with Crippen molar-refractivity contribution in [2.24, 2.45) is 5.73 Å². The lowest BCUT2D eigenvalue weighted by Gasteiger charge is -2.26. The van der Waals surface area contributed by atoms with Crippen LogP contribution in [0.2, 0.25) is 0 Å². The first kappa shape index (κ1) is 25.6. The van der Waals surface area contributed by atoms with Crippen LogP contribution in [0.3, 0.4) is 0 Å². The minimum atomic E-state index is -0.833. The van der Waals surface area contributed by atoms with Crippen LogP contribution < -0.4 is 21.1 Å². The summed E-state index contributed by atoms with van der Waals surface area (Å²) in [5, 5.41) is 0.266. The molecule has 0 bridgehead atoms. The molecule has 1 aromatic heterocycles. The van der Waals surface area contributed by atoms with E-state index in [1.165, 1.54) is 34.1 Å². The fourth-order valence-electron chi connectivity index (χ4n) is 3.08. The first-order chi connectivity index (χ1) is 16.6. The van der Waals surface area contributed by atoms with Crippen LogP contribution in [0.1, 0.15) is 29.1 Å². The molecule has 184 valence electrons. The van der Waals surface area contributed by atoms with E-state index in [2.05, 4.69) is 4.98 Å². The van der Waals surface area contributed by atoms with Gasteiger partial charge in [0.25, 0.3) is 5.91 Å². The molecule has 4 N–H and O–H groups in total. The molecule has 11 heteroatoms. The van der Waals surface area contributed by atoms with Crippen molar-refractivity contribution in [2.45, 2.75) is 19.9 Å². The van der Waals surface area contributed by atoms with Crippen LogP contribution in [-0.2, 0) is 9.59 Å². The minimum Gasteiger partial charge on any atom is -0.484 e. The first-order valence-corrected chi connectivity index (χ1v) is 11.6. The molecule has 3 aromatic rings. The van der Waals surface area contributed by atoms with Gasteiger partial charge >= 0.3 is 0 Å². The molecule has 3 rings (SSSR count). The SMILES string of the molecule is CCN(C)C(=O)COc1ccc(C(=O)c2sc(N(c3ccc(F)cc3)C(C)C(N)=O)nc2N)cc1. The zero-order chi connectivity index (χ0) is 25.7. The Hall–Kier alpha value is -3.99. The molecule has 0 radical (unpaired) electrons. The average Bonchev–Trinajstić information content (AvgIpc) is 3.23. The number of thiazole rings is 1. The van der Waals surface area contributed by atoms with Crippen LogP contribution in [-0.4, -0.2) is 53.7 Å². The number of amides is 2. The summed E-state index contributed by atoms with van der Waals surface area (Å²) < 4.78 is 18.9. The summed E-state index contributed by atoms with van der Waals surface area (Å²) in [6.07, 6.45) is 0. The first-order valence-electron chi connectivity index (χ1n) is 10.7. The molecule has 9 nitrogen and oxygen atoms in total. The van der Waals surface area contributed by atoms with Gasteiger partial charge in [0.2, 0.25) is 11.7 Å². The maximum atomic E-state index is 13.4. The van der Waals surface area contributed by atoms with Crippen molar-refractivity contribution < 1.29 is 23.5 Å². The van der Waals surface area contributed by atoms with Crippen molar-refractivity contribution in [1.82, 2.24) is 9.88 Å². The minimum absolute atomic E-state index is 0.00712. The standard InChI is InChI=1S/C24H26FN5O4S/c1-4-29(3)19(31)13-34-18-11-5-15(6-12-18)20(32)21-22(26)28-24(35-21)30(14(2)23(27)33)17-9-7-16(25)8-10-17/h5-12,14H,4,13,26H2,1-3H3,(H2,27,33). The lowest BCUT2D eigenvalue weighted by atomic mass is 10.1. The van der Waals surface area contributed by atoms with Crippen molar-refractivity contribution in [3.05, 3.63) is 64.8 Å². The van der Waals surface area contributed by atoms with Crippen molar-refractivity contribution in [1.29, 1.82) is 0 Å². The number of hydrogen-bond donors (Lipinski definition) is 2. The molecule has 0 saturated heterocycles. The van der Waals surface area contributed by atoms with Gasteiger partial charge in [-0.2, -0.15) is 0 Å². The molecule has 0 aliphatic carbocycles. The molecule has 1 unspecified atom stereocenters. The fourth-order valence-corrected chi connectivity index (χ4v) is 4.13. The molecular weight excluding hydrogens is 473 g/mol. The smallest absolute Gasteiger partial charge is 0.260 e. The average molecular weight is 500 g/mol. The summed E-state index contributed by atoms with van der Waals surface area (Å²) in [7, 11) is 1.68. The number of likely N-dealkylation sites (N-methyl/N-ethyl adjacent to an activating group) is 1. The van der Waals surface area contributed by atoms with E-state index in [1.807, 2.05) is 6.92 Å². The monoisotopic (exact) mass is 499 g/mol. The summed E-state index contributed by atoms with van der Waals surface area (Å²) >= 11 is 0.997. The summed E-state index contributed by atoms with van der Waals surface area (Å²) in [6.45, 7) is 3.90. The predicted molar refractivity (Wildman–Crippen MR) is 132 cm³/mol. The second-order valence-electron chi connectivity index (χ2n) is 7.69. The van der Waals surface area contributed by atoms with Gasteiger partial charge in [0.15, 0.2) is 11.7 Å². The maximum absolute atomic E-state index is 13.4. The molecule has 0 spiro atoms. The van der Waals surface area contributed by atoms with Gasteiger partial charge < -0.3 is 26.0 Å². The Kier molecular flexibility index (Phi) is 8.02. The Morgan fingerprint density at radius 1 is 1.11 bits per heavy atom. The number of carbonyl (C=O) groups excluding carboxylic acids is 3. The van der Waals surface area contributed by atoms with E-state index in [9.17, 15) is 18.8 Å². The highest BCUT2D eigenvalue weighted by Crippen LogP contribution is 2.36. The third-order valence-electron chi connectivity index (χ3n) is 5.34. The second-order valence-corrected chi connectivity index (χ2v) is 8.66. The zero-order valence-corrected chi connectivity index (χ0v) is 20.3. The topological polar surface area (TPSA) is 132 Å². The van der Waals surface area contributed by atoms with Crippen LogP contribution >= 0.6 is 11.3 Å². The molecular formula is C24H26FN5O4S.